The predicted molar refractivity (Wildman–Crippen MR) is 67.0 cm³/mol. The minimum absolute atomic E-state index is 0.157. The Morgan fingerprint density at radius 1 is 1.31 bits per heavy atom. The van der Waals surface area contributed by atoms with Gasteiger partial charge in [-0.3, -0.25) is 4.98 Å². The highest BCUT2D eigenvalue weighted by atomic mass is 14.8. The third kappa shape index (κ3) is 2.12. The van der Waals surface area contributed by atoms with Gasteiger partial charge in [-0.1, -0.05) is 13.8 Å². The Morgan fingerprint density at radius 3 is 2.50 bits per heavy atom. The largest absolute Gasteiger partial charge is 0.321 e. The summed E-state index contributed by atoms with van der Waals surface area (Å²) in [7, 11) is 0. The van der Waals surface area contributed by atoms with E-state index in [0.717, 1.165) is 12.8 Å². The normalized spacial score (nSPS) is 35.0. The van der Waals surface area contributed by atoms with Crippen molar-refractivity contribution in [3.63, 3.8) is 0 Å². The summed E-state index contributed by atoms with van der Waals surface area (Å²) in [5.74, 6) is 1.43. The van der Waals surface area contributed by atoms with Gasteiger partial charge in [-0.25, -0.2) is 0 Å². The molecule has 0 bridgehead atoms. The van der Waals surface area contributed by atoms with Crippen LogP contribution in [0.5, 0.6) is 0 Å². The van der Waals surface area contributed by atoms with Crippen molar-refractivity contribution in [3.05, 3.63) is 29.6 Å². The minimum atomic E-state index is -0.157. The molecule has 2 N–H and O–H groups in total. The summed E-state index contributed by atoms with van der Waals surface area (Å²) in [6.45, 7) is 6.75. The molecule has 2 atom stereocenters. The fourth-order valence-corrected chi connectivity index (χ4v) is 3.39. The molecular formula is C14H22N2. The first-order valence-electron chi connectivity index (χ1n) is 6.21. The molecule has 2 unspecified atom stereocenters. The molecular weight excluding hydrogens is 196 g/mol. The highest BCUT2D eigenvalue weighted by molar-refractivity contribution is 5.30. The van der Waals surface area contributed by atoms with Crippen LogP contribution >= 0.6 is 0 Å². The summed E-state index contributed by atoms with van der Waals surface area (Å²) in [4.78, 5) is 4.24. The standard InChI is InChI=1S/C14H22N2/c1-10-6-11(2)8-14(15,7-10)13-9-16-5-4-12(13)3/h4-5,9-11H,6-8,15H2,1-3H3. The maximum Gasteiger partial charge on any atom is 0.0432 e. The van der Waals surface area contributed by atoms with Crippen LogP contribution in [0.25, 0.3) is 0 Å². The lowest BCUT2D eigenvalue weighted by atomic mass is 9.68. The summed E-state index contributed by atoms with van der Waals surface area (Å²) in [6, 6.07) is 2.06. The highest BCUT2D eigenvalue weighted by Gasteiger charge is 2.36. The minimum Gasteiger partial charge on any atom is -0.321 e. The maximum atomic E-state index is 6.62. The second-order valence-electron chi connectivity index (χ2n) is 5.70. The van der Waals surface area contributed by atoms with Gasteiger partial charge in [0.15, 0.2) is 0 Å². The molecule has 16 heavy (non-hydrogen) atoms. The lowest BCUT2D eigenvalue weighted by Gasteiger charge is -2.41. The second-order valence-corrected chi connectivity index (χ2v) is 5.70. The first-order valence-corrected chi connectivity index (χ1v) is 6.21. The number of nitrogens with zero attached hydrogens (tertiary/aromatic N) is 1. The fraction of sp³-hybridized carbons (Fsp3) is 0.643. The summed E-state index contributed by atoms with van der Waals surface area (Å²) in [6.07, 6.45) is 7.28. The zero-order chi connectivity index (χ0) is 11.8. The van der Waals surface area contributed by atoms with Crippen LogP contribution in [0.4, 0.5) is 0 Å². The lowest BCUT2D eigenvalue weighted by Crippen LogP contribution is -2.44. The van der Waals surface area contributed by atoms with Crippen LogP contribution in [0.3, 0.4) is 0 Å². The van der Waals surface area contributed by atoms with Gasteiger partial charge in [-0.05, 0) is 55.2 Å². The van der Waals surface area contributed by atoms with Gasteiger partial charge in [-0.2, -0.15) is 0 Å². The number of nitrogens with two attached hydrogens (primary N) is 1. The Labute approximate surface area is 98.3 Å². The molecule has 2 rings (SSSR count). The van der Waals surface area contributed by atoms with Gasteiger partial charge < -0.3 is 5.73 Å². The van der Waals surface area contributed by atoms with Crippen molar-refractivity contribution in [1.82, 2.24) is 4.98 Å². The van der Waals surface area contributed by atoms with E-state index >= 15 is 0 Å². The van der Waals surface area contributed by atoms with E-state index < -0.39 is 0 Å². The molecule has 0 aromatic carbocycles. The summed E-state index contributed by atoms with van der Waals surface area (Å²) < 4.78 is 0. The number of hydrogen-bond acceptors (Lipinski definition) is 2. The molecule has 1 aliphatic rings. The van der Waals surface area contributed by atoms with E-state index in [1.807, 2.05) is 12.4 Å². The molecule has 0 radical (unpaired) electrons. The molecule has 1 heterocycles. The molecule has 1 aliphatic carbocycles. The zero-order valence-electron chi connectivity index (χ0n) is 10.5. The van der Waals surface area contributed by atoms with Crippen LogP contribution in [0.15, 0.2) is 18.5 Å². The van der Waals surface area contributed by atoms with Crippen LogP contribution < -0.4 is 5.73 Å². The summed E-state index contributed by atoms with van der Waals surface area (Å²) >= 11 is 0. The van der Waals surface area contributed by atoms with Crippen LogP contribution in [-0.2, 0) is 5.54 Å². The van der Waals surface area contributed by atoms with E-state index in [1.165, 1.54) is 17.5 Å². The summed E-state index contributed by atoms with van der Waals surface area (Å²) in [5, 5.41) is 0. The summed E-state index contributed by atoms with van der Waals surface area (Å²) in [5.41, 5.74) is 8.99. The van der Waals surface area contributed by atoms with Crippen molar-refractivity contribution < 1.29 is 0 Å². The van der Waals surface area contributed by atoms with Crippen molar-refractivity contribution in [2.75, 3.05) is 0 Å². The van der Waals surface area contributed by atoms with E-state index in [4.69, 9.17) is 5.73 Å². The average molecular weight is 218 g/mol. The van der Waals surface area contributed by atoms with E-state index in [-0.39, 0.29) is 5.54 Å². The SMILES string of the molecule is Cc1ccncc1C1(N)CC(C)CC(C)C1. The topological polar surface area (TPSA) is 38.9 Å². The second kappa shape index (κ2) is 4.17. The third-order valence-corrected chi connectivity index (χ3v) is 3.81. The van der Waals surface area contributed by atoms with E-state index in [0.29, 0.717) is 11.8 Å². The first-order chi connectivity index (χ1) is 7.51. The monoisotopic (exact) mass is 218 g/mol. The van der Waals surface area contributed by atoms with Gasteiger partial charge in [-0.15, -0.1) is 0 Å². The Morgan fingerprint density at radius 2 is 1.94 bits per heavy atom. The van der Waals surface area contributed by atoms with Crippen molar-refractivity contribution in [2.45, 2.75) is 45.6 Å². The Hall–Kier alpha value is -0.890. The first kappa shape index (κ1) is 11.6. The van der Waals surface area contributed by atoms with Crippen LogP contribution in [0.1, 0.15) is 44.2 Å². The van der Waals surface area contributed by atoms with Crippen LogP contribution in [0.2, 0.25) is 0 Å². The number of aryl methyl sites for hydroxylation is 1. The van der Waals surface area contributed by atoms with Gasteiger partial charge in [0, 0.05) is 17.9 Å². The average Bonchev–Trinajstić information content (AvgIpc) is 2.15. The molecule has 2 heteroatoms. The third-order valence-electron chi connectivity index (χ3n) is 3.81. The van der Waals surface area contributed by atoms with Gasteiger partial charge in [0.05, 0.1) is 0 Å². The van der Waals surface area contributed by atoms with Gasteiger partial charge >= 0.3 is 0 Å². The van der Waals surface area contributed by atoms with Crippen LogP contribution in [-0.4, -0.2) is 4.98 Å². The maximum absolute atomic E-state index is 6.62. The fourth-order valence-electron chi connectivity index (χ4n) is 3.39. The molecule has 1 saturated carbocycles. The number of rotatable bonds is 1. The predicted octanol–water partition coefficient (Wildman–Crippen LogP) is 3.00. The van der Waals surface area contributed by atoms with Crippen molar-refractivity contribution in [2.24, 2.45) is 17.6 Å². The molecule has 0 spiro atoms. The molecule has 1 aromatic heterocycles. The molecule has 1 aromatic rings. The van der Waals surface area contributed by atoms with Crippen molar-refractivity contribution in [1.29, 1.82) is 0 Å². The van der Waals surface area contributed by atoms with Crippen molar-refractivity contribution in [3.8, 4) is 0 Å². The molecule has 88 valence electrons. The van der Waals surface area contributed by atoms with Crippen LogP contribution in [0, 0.1) is 18.8 Å². The number of hydrogen-bond donors (Lipinski definition) is 1. The number of aromatic nitrogens is 1. The van der Waals surface area contributed by atoms with Gasteiger partial charge in [0.25, 0.3) is 0 Å². The smallest absolute Gasteiger partial charge is 0.0432 e. The zero-order valence-corrected chi connectivity index (χ0v) is 10.5. The Bertz CT molecular complexity index is 363. The molecule has 1 fully saturated rings. The van der Waals surface area contributed by atoms with E-state index in [2.05, 4.69) is 31.8 Å². The molecule has 0 aliphatic heterocycles. The quantitative estimate of drug-likeness (QED) is 0.787. The van der Waals surface area contributed by atoms with E-state index in [9.17, 15) is 0 Å². The van der Waals surface area contributed by atoms with Crippen molar-refractivity contribution >= 4 is 0 Å². The van der Waals surface area contributed by atoms with Gasteiger partial charge in [0.1, 0.15) is 0 Å². The molecule has 0 amide bonds. The number of pyridine rings is 1. The van der Waals surface area contributed by atoms with Gasteiger partial charge in [0.2, 0.25) is 0 Å². The molecule has 2 nitrogen and oxygen atoms in total. The Balaban J connectivity index is 2.34. The highest BCUT2D eigenvalue weighted by Crippen LogP contribution is 2.41. The Kier molecular flexibility index (Phi) is 3.02. The lowest BCUT2D eigenvalue weighted by molar-refractivity contribution is 0.183. The van der Waals surface area contributed by atoms with E-state index in [1.54, 1.807) is 0 Å². The molecule has 0 saturated heterocycles.